The van der Waals surface area contributed by atoms with Crippen LogP contribution in [0.3, 0.4) is 0 Å². The van der Waals surface area contributed by atoms with Crippen molar-refractivity contribution < 1.29 is 9.53 Å². The molecule has 4 N–H and O–H groups in total. The van der Waals surface area contributed by atoms with Gasteiger partial charge in [0.05, 0.1) is 5.52 Å². The summed E-state index contributed by atoms with van der Waals surface area (Å²) in [4.78, 5) is 20.9. The van der Waals surface area contributed by atoms with Crippen molar-refractivity contribution >= 4 is 23.1 Å². The highest BCUT2D eigenvalue weighted by Gasteiger charge is 2.15. The summed E-state index contributed by atoms with van der Waals surface area (Å²) < 4.78 is 4.98. The predicted molar refractivity (Wildman–Crippen MR) is 76.0 cm³/mol. The Morgan fingerprint density at radius 3 is 3.10 bits per heavy atom. The Morgan fingerprint density at radius 1 is 1.35 bits per heavy atom. The number of para-hydroxylation sites is 1. The van der Waals surface area contributed by atoms with Crippen molar-refractivity contribution in [2.75, 3.05) is 31.1 Å². The number of hydrogen-bond acceptors (Lipinski definition) is 5. The Hall–Kier alpha value is -2.28. The van der Waals surface area contributed by atoms with Crippen molar-refractivity contribution in [1.82, 2.24) is 15.3 Å². The summed E-state index contributed by atoms with van der Waals surface area (Å²) in [6.07, 6.45) is 0.239. The number of nitrogens with one attached hydrogen (secondary N) is 2. The number of nitrogens with two attached hydrogens (primary N) is 1. The van der Waals surface area contributed by atoms with Crippen LogP contribution < -0.4 is 20.7 Å². The van der Waals surface area contributed by atoms with E-state index in [4.69, 9.17) is 10.5 Å². The van der Waals surface area contributed by atoms with Crippen molar-refractivity contribution in [3.05, 3.63) is 18.2 Å². The average Bonchev–Trinajstić information content (AvgIpc) is 2.67. The van der Waals surface area contributed by atoms with E-state index in [1.54, 1.807) is 12.1 Å². The summed E-state index contributed by atoms with van der Waals surface area (Å²) in [7, 11) is 0. The number of nitrogens with zero attached hydrogens (tertiary/aromatic N) is 2. The molecule has 2 aromatic rings. The lowest BCUT2D eigenvalue weighted by Crippen LogP contribution is -2.28. The number of ether oxygens (including phenoxy) is 1. The number of amides is 1. The summed E-state index contributed by atoms with van der Waals surface area (Å²) in [5.74, 6) is 1.18. The van der Waals surface area contributed by atoms with Crippen LogP contribution >= 0.6 is 0 Å². The van der Waals surface area contributed by atoms with E-state index in [1.807, 2.05) is 6.07 Å². The lowest BCUT2D eigenvalue weighted by Gasteiger charge is -2.18. The van der Waals surface area contributed by atoms with Crippen LogP contribution in [0.4, 0.5) is 10.7 Å². The summed E-state index contributed by atoms with van der Waals surface area (Å²) in [5.41, 5.74) is 6.52. The number of rotatable bonds is 2. The second kappa shape index (κ2) is 5.38. The minimum Gasteiger partial charge on any atom is -0.408 e. The summed E-state index contributed by atoms with van der Waals surface area (Å²) in [6.45, 7) is 3.79. The van der Waals surface area contributed by atoms with Gasteiger partial charge in [0.2, 0.25) is 5.95 Å². The van der Waals surface area contributed by atoms with Gasteiger partial charge >= 0.3 is 6.09 Å². The molecule has 1 saturated heterocycles. The SMILES string of the molecule is NC(=O)Oc1cccc2[nH]c(N3CCCNCC3)nc12. The van der Waals surface area contributed by atoms with E-state index in [0.29, 0.717) is 11.3 Å². The van der Waals surface area contributed by atoms with Crippen molar-refractivity contribution in [2.24, 2.45) is 5.73 Å². The molecule has 0 unspecified atom stereocenters. The van der Waals surface area contributed by atoms with E-state index in [-0.39, 0.29) is 0 Å². The number of anilines is 1. The van der Waals surface area contributed by atoms with E-state index >= 15 is 0 Å². The minimum absolute atomic E-state index is 0.380. The van der Waals surface area contributed by atoms with Gasteiger partial charge in [0, 0.05) is 19.6 Å². The van der Waals surface area contributed by atoms with E-state index < -0.39 is 6.09 Å². The largest absolute Gasteiger partial charge is 0.410 e. The van der Waals surface area contributed by atoms with Crippen molar-refractivity contribution in [3.8, 4) is 5.75 Å². The van der Waals surface area contributed by atoms with Crippen molar-refractivity contribution in [1.29, 1.82) is 0 Å². The van der Waals surface area contributed by atoms with Crippen LogP contribution in [0.1, 0.15) is 6.42 Å². The van der Waals surface area contributed by atoms with Gasteiger partial charge in [0.1, 0.15) is 5.52 Å². The zero-order valence-corrected chi connectivity index (χ0v) is 11.1. The smallest absolute Gasteiger partial charge is 0.408 e. The molecule has 0 saturated carbocycles. The van der Waals surface area contributed by atoms with Gasteiger partial charge in [-0.15, -0.1) is 0 Å². The molecule has 0 bridgehead atoms. The molecular formula is C13H17N5O2. The Kier molecular flexibility index (Phi) is 3.42. The first-order valence-corrected chi connectivity index (χ1v) is 6.66. The maximum Gasteiger partial charge on any atom is 0.410 e. The first kappa shape index (κ1) is 12.7. The molecule has 2 heterocycles. The Bertz CT molecular complexity index is 616. The van der Waals surface area contributed by atoms with Gasteiger partial charge in [0.25, 0.3) is 0 Å². The zero-order chi connectivity index (χ0) is 13.9. The molecular weight excluding hydrogens is 258 g/mol. The third kappa shape index (κ3) is 2.53. The maximum absolute atomic E-state index is 10.9. The highest BCUT2D eigenvalue weighted by atomic mass is 16.5. The number of imidazole rings is 1. The summed E-state index contributed by atoms with van der Waals surface area (Å²) in [6, 6.07) is 5.38. The number of aromatic nitrogens is 2. The molecule has 1 aromatic heterocycles. The molecule has 1 amide bonds. The molecule has 0 atom stereocenters. The fourth-order valence-corrected chi connectivity index (χ4v) is 2.39. The van der Waals surface area contributed by atoms with Crippen LogP contribution in [0.15, 0.2) is 18.2 Å². The predicted octanol–water partition coefficient (Wildman–Crippen LogP) is 0.820. The van der Waals surface area contributed by atoms with E-state index in [9.17, 15) is 4.79 Å². The Labute approximate surface area is 116 Å². The number of fused-ring (bicyclic) bond motifs is 1. The molecule has 1 aromatic carbocycles. The van der Waals surface area contributed by atoms with Crippen LogP contribution in [0.5, 0.6) is 5.75 Å². The van der Waals surface area contributed by atoms with Gasteiger partial charge in [-0.25, -0.2) is 9.78 Å². The standard InChI is InChI=1S/C13H17N5O2/c14-12(19)20-10-4-1-3-9-11(10)17-13(16-9)18-7-2-5-15-6-8-18/h1,3-4,15H,2,5-8H2,(H2,14,19)(H,16,17). The Balaban J connectivity index is 1.95. The molecule has 0 spiro atoms. The van der Waals surface area contributed by atoms with Gasteiger partial charge in [-0.05, 0) is 25.1 Å². The second-order valence-electron chi connectivity index (χ2n) is 4.72. The second-order valence-corrected chi connectivity index (χ2v) is 4.72. The molecule has 0 aliphatic carbocycles. The van der Waals surface area contributed by atoms with Crippen LogP contribution in [-0.2, 0) is 0 Å². The molecule has 20 heavy (non-hydrogen) atoms. The van der Waals surface area contributed by atoms with Crippen molar-refractivity contribution in [3.63, 3.8) is 0 Å². The fourth-order valence-electron chi connectivity index (χ4n) is 2.39. The highest BCUT2D eigenvalue weighted by Crippen LogP contribution is 2.26. The molecule has 1 aliphatic rings. The number of primary amides is 1. The first-order valence-electron chi connectivity index (χ1n) is 6.66. The molecule has 3 rings (SSSR count). The fraction of sp³-hybridized carbons (Fsp3) is 0.385. The first-order chi connectivity index (χ1) is 9.74. The normalized spacial score (nSPS) is 16.1. The number of carbonyl (C=O) groups excluding carboxylic acids is 1. The molecule has 0 radical (unpaired) electrons. The van der Waals surface area contributed by atoms with E-state index in [2.05, 4.69) is 20.2 Å². The van der Waals surface area contributed by atoms with Crippen LogP contribution in [0.25, 0.3) is 11.0 Å². The van der Waals surface area contributed by atoms with Gasteiger partial charge in [0.15, 0.2) is 5.75 Å². The molecule has 1 aliphatic heterocycles. The monoisotopic (exact) mass is 275 g/mol. The number of carbonyl (C=O) groups is 1. The maximum atomic E-state index is 10.9. The van der Waals surface area contributed by atoms with Gasteiger partial charge in [-0.2, -0.15) is 0 Å². The lowest BCUT2D eigenvalue weighted by atomic mass is 10.3. The minimum atomic E-state index is -0.832. The highest BCUT2D eigenvalue weighted by molar-refractivity contribution is 5.86. The van der Waals surface area contributed by atoms with Gasteiger partial charge in [-0.1, -0.05) is 6.07 Å². The quantitative estimate of drug-likeness (QED) is 0.754. The lowest BCUT2D eigenvalue weighted by molar-refractivity contribution is 0.211. The van der Waals surface area contributed by atoms with Gasteiger partial charge < -0.3 is 25.7 Å². The third-order valence-electron chi connectivity index (χ3n) is 3.31. The third-order valence-corrected chi connectivity index (χ3v) is 3.31. The van der Waals surface area contributed by atoms with E-state index in [1.165, 1.54) is 0 Å². The van der Waals surface area contributed by atoms with Crippen LogP contribution in [0, 0.1) is 0 Å². The molecule has 7 nitrogen and oxygen atoms in total. The summed E-state index contributed by atoms with van der Waals surface area (Å²) in [5, 5.41) is 3.35. The van der Waals surface area contributed by atoms with Crippen LogP contribution in [0.2, 0.25) is 0 Å². The van der Waals surface area contributed by atoms with Crippen LogP contribution in [-0.4, -0.2) is 42.2 Å². The summed E-state index contributed by atoms with van der Waals surface area (Å²) >= 11 is 0. The molecule has 1 fully saturated rings. The van der Waals surface area contributed by atoms with Crippen molar-refractivity contribution in [2.45, 2.75) is 6.42 Å². The molecule has 106 valence electrons. The number of hydrogen-bond donors (Lipinski definition) is 3. The number of benzene rings is 1. The number of H-pyrrole nitrogens is 1. The average molecular weight is 275 g/mol. The van der Waals surface area contributed by atoms with Gasteiger partial charge in [-0.3, -0.25) is 0 Å². The number of aromatic amines is 1. The topological polar surface area (TPSA) is 96.3 Å². The zero-order valence-electron chi connectivity index (χ0n) is 11.1. The Morgan fingerprint density at radius 2 is 2.25 bits per heavy atom. The molecule has 7 heteroatoms. The van der Waals surface area contributed by atoms with E-state index in [0.717, 1.165) is 44.1 Å².